The van der Waals surface area contributed by atoms with Gasteiger partial charge in [-0.25, -0.2) is 4.98 Å². The summed E-state index contributed by atoms with van der Waals surface area (Å²) < 4.78 is 12.8. The van der Waals surface area contributed by atoms with Gasteiger partial charge in [0, 0.05) is 22.7 Å². The molecule has 0 aliphatic heterocycles. The quantitative estimate of drug-likeness (QED) is 0.238. The topological polar surface area (TPSA) is 90.7 Å². The molecule has 0 saturated heterocycles. The van der Waals surface area contributed by atoms with Gasteiger partial charge in [-0.1, -0.05) is 25.1 Å². The molecule has 1 aromatic carbocycles. The van der Waals surface area contributed by atoms with Crippen LogP contribution in [-0.4, -0.2) is 46.0 Å². The average molecular weight is 491 g/mol. The number of ether oxygens (including phenoxy) is 2. The van der Waals surface area contributed by atoms with Gasteiger partial charge < -0.3 is 14.6 Å². The summed E-state index contributed by atoms with van der Waals surface area (Å²) >= 11 is 2.88. The lowest BCUT2D eigenvalue weighted by Gasteiger charge is -2.16. The van der Waals surface area contributed by atoms with Crippen LogP contribution in [0.1, 0.15) is 47.5 Å². The summed E-state index contributed by atoms with van der Waals surface area (Å²) in [6, 6.07) is 4.95. The summed E-state index contributed by atoms with van der Waals surface area (Å²) in [6.07, 6.45) is 1.06. The van der Waals surface area contributed by atoms with E-state index in [1.54, 1.807) is 22.8 Å². The molecule has 0 aliphatic rings. The Bertz CT molecular complexity index is 1200. The third-order valence-electron chi connectivity index (χ3n) is 5.40. The fourth-order valence-corrected chi connectivity index (χ4v) is 5.34. The fraction of sp³-hybridized carbons (Fsp3) is 0.458. The number of benzene rings is 1. The van der Waals surface area contributed by atoms with Crippen molar-refractivity contribution in [3.8, 4) is 11.5 Å². The minimum absolute atomic E-state index is 0.0150. The predicted octanol–water partition coefficient (Wildman–Crippen LogP) is 4.62. The van der Waals surface area contributed by atoms with Crippen LogP contribution in [0, 0.1) is 13.8 Å². The number of aliphatic hydroxyl groups is 1. The molecule has 33 heavy (non-hydrogen) atoms. The molecule has 1 unspecified atom stereocenters. The van der Waals surface area contributed by atoms with Crippen LogP contribution in [-0.2, 0) is 6.54 Å². The maximum atomic E-state index is 13.2. The zero-order chi connectivity index (χ0) is 24.1. The van der Waals surface area contributed by atoms with Gasteiger partial charge in [0.2, 0.25) is 0 Å². The van der Waals surface area contributed by atoms with E-state index in [1.165, 1.54) is 37.1 Å². The van der Waals surface area contributed by atoms with Crippen LogP contribution in [0.25, 0.3) is 10.2 Å². The summed E-state index contributed by atoms with van der Waals surface area (Å²) in [4.78, 5) is 31.3. The summed E-state index contributed by atoms with van der Waals surface area (Å²) in [7, 11) is 1.50. The molecule has 2 heterocycles. The van der Waals surface area contributed by atoms with Crippen LogP contribution in [0.4, 0.5) is 0 Å². The zero-order valence-corrected chi connectivity index (χ0v) is 21.3. The van der Waals surface area contributed by atoms with Gasteiger partial charge in [0.1, 0.15) is 11.4 Å². The highest BCUT2D eigenvalue weighted by atomic mass is 32.2. The van der Waals surface area contributed by atoms with Gasteiger partial charge >= 0.3 is 0 Å². The lowest BCUT2D eigenvalue weighted by molar-refractivity contribution is 0.101. The highest BCUT2D eigenvalue weighted by molar-refractivity contribution is 7.99. The van der Waals surface area contributed by atoms with E-state index in [1.807, 2.05) is 13.8 Å². The monoisotopic (exact) mass is 490 g/mol. The highest BCUT2D eigenvalue weighted by Gasteiger charge is 2.18. The molecule has 9 heteroatoms. The van der Waals surface area contributed by atoms with Crippen molar-refractivity contribution in [2.45, 2.75) is 58.3 Å². The third kappa shape index (κ3) is 5.77. The van der Waals surface area contributed by atoms with Crippen LogP contribution in [0.5, 0.6) is 11.5 Å². The first-order valence-corrected chi connectivity index (χ1v) is 12.7. The number of aryl methyl sites for hydroxylation is 2. The Labute approximate surface area is 201 Å². The number of thiophene rings is 1. The molecule has 0 bridgehead atoms. The lowest BCUT2D eigenvalue weighted by atomic mass is 10.1. The molecule has 2 aromatic heterocycles. The first kappa shape index (κ1) is 25.3. The number of nitrogens with zero attached hydrogens (tertiary/aromatic N) is 2. The molecule has 3 aromatic rings. The second-order valence-electron chi connectivity index (χ2n) is 7.87. The molecular weight excluding hydrogens is 460 g/mol. The molecule has 7 nitrogen and oxygen atoms in total. The smallest absolute Gasteiger partial charge is 0.263 e. The molecule has 0 saturated carbocycles. The number of Topliss-reactive ketones (excluding diaryl/α,β-unsaturated/α-hetero) is 1. The lowest BCUT2D eigenvalue weighted by Crippen LogP contribution is -2.25. The van der Waals surface area contributed by atoms with Crippen molar-refractivity contribution in [2.75, 3.05) is 19.5 Å². The Balaban J connectivity index is 1.73. The number of ketones is 1. The maximum absolute atomic E-state index is 13.2. The number of aromatic nitrogens is 2. The number of hydrogen-bond acceptors (Lipinski definition) is 8. The van der Waals surface area contributed by atoms with E-state index in [0.717, 1.165) is 28.1 Å². The van der Waals surface area contributed by atoms with Gasteiger partial charge in [0.15, 0.2) is 22.4 Å². The van der Waals surface area contributed by atoms with Crippen molar-refractivity contribution < 1.29 is 19.4 Å². The Morgan fingerprint density at radius 3 is 2.73 bits per heavy atom. The van der Waals surface area contributed by atoms with Crippen molar-refractivity contribution in [1.29, 1.82) is 0 Å². The third-order valence-corrected chi connectivity index (χ3v) is 7.62. The molecule has 0 aliphatic carbocycles. The summed E-state index contributed by atoms with van der Waals surface area (Å²) in [5.74, 6) is 1.15. The van der Waals surface area contributed by atoms with Gasteiger partial charge in [0.25, 0.3) is 5.56 Å². The van der Waals surface area contributed by atoms with Crippen LogP contribution in [0.15, 0.2) is 28.2 Å². The standard InChI is InChI=1S/C24H30N2O5S2/c1-6-7-10-26-23(29)21-14(2)16(4)33-22(21)25-24(26)32-13-18(28)12-31-19-9-8-17(15(3)27)11-20(19)30-5/h8-9,11,18,28H,6-7,10,12-13H2,1-5H3. The van der Waals surface area contributed by atoms with Crippen LogP contribution in [0.2, 0.25) is 0 Å². The molecule has 178 valence electrons. The summed E-state index contributed by atoms with van der Waals surface area (Å²) in [5, 5.41) is 11.8. The molecule has 0 fully saturated rings. The second kappa shape index (κ2) is 11.2. The number of carbonyl (C=O) groups excluding carboxylic acids is 1. The van der Waals surface area contributed by atoms with Crippen molar-refractivity contribution >= 4 is 39.1 Å². The Morgan fingerprint density at radius 2 is 2.06 bits per heavy atom. The van der Waals surface area contributed by atoms with Gasteiger partial charge in [-0.2, -0.15) is 0 Å². The van der Waals surface area contributed by atoms with Gasteiger partial charge in [-0.05, 0) is 51.0 Å². The highest BCUT2D eigenvalue weighted by Crippen LogP contribution is 2.30. The SMILES string of the molecule is CCCCn1c(SCC(O)COc2ccc(C(C)=O)cc2OC)nc2sc(C)c(C)c2c1=O. The molecule has 1 N–H and O–H groups in total. The maximum Gasteiger partial charge on any atom is 0.263 e. The van der Waals surface area contributed by atoms with E-state index >= 15 is 0 Å². The second-order valence-corrected chi connectivity index (χ2v) is 10.1. The molecule has 0 amide bonds. The van der Waals surface area contributed by atoms with E-state index in [-0.39, 0.29) is 17.9 Å². The van der Waals surface area contributed by atoms with E-state index in [4.69, 9.17) is 14.5 Å². The number of carbonyl (C=O) groups is 1. The van der Waals surface area contributed by atoms with Crippen molar-refractivity contribution in [3.05, 3.63) is 44.6 Å². The van der Waals surface area contributed by atoms with Crippen molar-refractivity contribution in [1.82, 2.24) is 9.55 Å². The van der Waals surface area contributed by atoms with Crippen molar-refractivity contribution in [3.63, 3.8) is 0 Å². The largest absolute Gasteiger partial charge is 0.493 e. The molecule has 3 rings (SSSR count). The number of fused-ring (bicyclic) bond motifs is 1. The summed E-state index contributed by atoms with van der Waals surface area (Å²) in [6.45, 7) is 8.18. The van der Waals surface area contributed by atoms with Gasteiger partial charge in [-0.15, -0.1) is 11.3 Å². The van der Waals surface area contributed by atoms with Gasteiger partial charge in [-0.3, -0.25) is 14.2 Å². The average Bonchev–Trinajstić information content (AvgIpc) is 3.08. The van der Waals surface area contributed by atoms with E-state index < -0.39 is 6.10 Å². The van der Waals surface area contributed by atoms with Crippen molar-refractivity contribution in [2.24, 2.45) is 0 Å². The molecular formula is C24H30N2O5S2. The van der Waals surface area contributed by atoms with Gasteiger partial charge in [0.05, 0.1) is 18.6 Å². The number of aliphatic hydroxyl groups excluding tert-OH is 1. The first-order valence-electron chi connectivity index (χ1n) is 10.9. The first-order chi connectivity index (χ1) is 15.8. The Kier molecular flexibility index (Phi) is 8.56. The number of methoxy groups -OCH3 is 1. The molecule has 1 atom stereocenters. The van der Waals surface area contributed by atoms with Crippen LogP contribution < -0.4 is 15.0 Å². The summed E-state index contributed by atoms with van der Waals surface area (Å²) in [5.41, 5.74) is 1.51. The van der Waals surface area contributed by atoms with Crippen LogP contribution >= 0.6 is 23.1 Å². The Hall–Kier alpha value is -2.36. The fourth-order valence-electron chi connectivity index (χ4n) is 3.34. The number of hydrogen-bond donors (Lipinski definition) is 1. The van der Waals surface area contributed by atoms with E-state index in [0.29, 0.717) is 39.9 Å². The molecule has 0 radical (unpaired) electrons. The number of thioether (sulfide) groups is 1. The normalized spacial score (nSPS) is 12.2. The minimum atomic E-state index is -0.786. The Morgan fingerprint density at radius 1 is 1.30 bits per heavy atom. The molecule has 0 spiro atoms. The van der Waals surface area contributed by atoms with E-state index in [9.17, 15) is 14.7 Å². The minimum Gasteiger partial charge on any atom is -0.493 e. The number of rotatable bonds is 11. The van der Waals surface area contributed by atoms with Crippen LogP contribution in [0.3, 0.4) is 0 Å². The predicted molar refractivity (Wildman–Crippen MR) is 133 cm³/mol. The zero-order valence-electron chi connectivity index (χ0n) is 19.6. The van der Waals surface area contributed by atoms with E-state index in [2.05, 4.69) is 6.92 Å². The number of unbranched alkanes of at least 4 members (excludes halogenated alkanes) is 1.